The van der Waals surface area contributed by atoms with Crippen LogP contribution in [-0.4, -0.2) is 133 Å². The smallest absolute Gasteiger partial charge is 0.407 e. The third kappa shape index (κ3) is 8.58. The number of hydrogen-bond acceptors (Lipinski definition) is 12. The molecule has 4 fully saturated rings. The molecule has 5 aliphatic heterocycles. The number of aromatic amines is 1. The first-order chi connectivity index (χ1) is 29.8. The topological polar surface area (TPSA) is 195 Å². The normalized spacial score (nSPS) is 22.3. The number of hydrogen-bond donors (Lipinski definition) is 3. The Kier molecular flexibility index (Phi) is 12.2. The van der Waals surface area contributed by atoms with Crippen LogP contribution in [0.15, 0.2) is 65.9 Å². The van der Waals surface area contributed by atoms with Crippen LogP contribution >= 0.6 is 0 Å². The summed E-state index contributed by atoms with van der Waals surface area (Å²) >= 11 is 0. The molecule has 330 valence electrons. The van der Waals surface area contributed by atoms with Crippen molar-refractivity contribution in [1.29, 1.82) is 0 Å². The lowest BCUT2D eigenvalue weighted by atomic mass is 9.95. The van der Waals surface area contributed by atoms with Crippen molar-refractivity contribution in [2.45, 2.75) is 82.7 Å². The molecule has 17 heteroatoms. The molecule has 0 radical (unpaired) electrons. The van der Waals surface area contributed by atoms with E-state index in [2.05, 4.69) is 52.0 Å². The van der Waals surface area contributed by atoms with Crippen LogP contribution in [0, 0.1) is 11.8 Å². The number of aliphatic imine (C=N–C) groups is 1. The highest BCUT2D eigenvalue weighted by Gasteiger charge is 2.54. The van der Waals surface area contributed by atoms with E-state index >= 15 is 0 Å². The van der Waals surface area contributed by atoms with Crippen LogP contribution in [0.4, 0.5) is 9.59 Å². The lowest BCUT2D eigenvalue weighted by molar-refractivity contribution is -0.153. The second-order valence-electron chi connectivity index (χ2n) is 17.1. The minimum atomic E-state index is -0.940. The van der Waals surface area contributed by atoms with E-state index in [0.29, 0.717) is 51.5 Å². The number of carbonyl (C=O) groups excluding carboxylic acids is 4. The first kappa shape index (κ1) is 43.0. The van der Waals surface area contributed by atoms with E-state index in [0.717, 1.165) is 39.2 Å². The molecule has 8 rings (SSSR count). The average molecular weight is 854 g/mol. The summed E-state index contributed by atoms with van der Waals surface area (Å²) in [5, 5.41) is 5.40. The van der Waals surface area contributed by atoms with Crippen LogP contribution in [0.25, 0.3) is 28.0 Å². The highest BCUT2D eigenvalue weighted by molar-refractivity contribution is 6.04. The number of aromatic nitrogens is 2. The van der Waals surface area contributed by atoms with Crippen molar-refractivity contribution in [2.75, 3.05) is 53.7 Å². The van der Waals surface area contributed by atoms with Crippen LogP contribution in [0.3, 0.4) is 0 Å². The van der Waals surface area contributed by atoms with Crippen LogP contribution in [-0.2, 0) is 38.0 Å². The molecule has 0 bridgehead atoms. The van der Waals surface area contributed by atoms with Gasteiger partial charge in [-0.1, -0.05) is 76.2 Å². The molecule has 0 saturated carbocycles. The highest BCUT2D eigenvalue weighted by atomic mass is 16.7. The number of alkyl carbamates (subject to hydrolysis) is 2. The number of nitrogens with one attached hydrogen (secondary N) is 3. The van der Waals surface area contributed by atoms with Crippen molar-refractivity contribution in [3.05, 3.63) is 72.3 Å². The van der Waals surface area contributed by atoms with Gasteiger partial charge in [-0.25, -0.2) is 14.6 Å². The van der Waals surface area contributed by atoms with E-state index in [1.165, 1.54) is 14.2 Å². The number of rotatable bonds is 11. The van der Waals surface area contributed by atoms with Gasteiger partial charge in [-0.2, -0.15) is 0 Å². The molecule has 5 aliphatic rings. The Labute approximate surface area is 360 Å². The second kappa shape index (κ2) is 17.6. The average Bonchev–Trinajstić information content (AvgIpc) is 4.15. The van der Waals surface area contributed by atoms with E-state index in [-0.39, 0.29) is 42.8 Å². The molecule has 6 heterocycles. The number of imidazole rings is 1. The molecule has 2 spiro atoms. The summed E-state index contributed by atoms with van der Waals surface area (Å²) in [4.78, 5) is 68.7. The predicted octanol–water partition coefficient (Wildman–Crippen LogP) is 5.05. The molecule has 4 saturated heterocycles. The van der Waals surface area contributed by atoms with Crippen molar-refractivity contribution in [2.24, 2.45) is 16.8 Å². The Morgan fingerprint density at radius 3 is 1.63 bits per heavy atom. The molecule has 2 aromatic carbocycles. The monoisotopic (exact) mass is 853 g/mol. The summed E-state index contributed by atoms with van der Waals surface area (Å²) in [6.07, 6.45) is 3.69. The fourth-order valence-electron chi connectivity index (χ4n) is 9.05. The molecular formula is C45H55N7O10. The van der Waals surface area contributed by atoms with Gasteiger partial charge >= 0.3 is 12.2 Å². The lowest BCUT2D eigenvalue weighted by Crippen LogP contribution is -2.54. The van der Waals surface area contributed by atoms with E-state index in [4.69, 9.17) is 38.4 Å². The Morgan fingerprint density at radius 2 is 1.15 bits per heavy atom. The van der Waals surface area contributed by atoms with E-state index in [1.807, 2.05) is 46.0 Å². The van der Waals surface area contributed by atoms with Crippen LogP contribution < -0.4 is 10.6 Å². The van der Waals surface area contributed by atoms with Crippen LogP contribution in [0.1, 0.15) is 64.4 Å². The maximum atomic E-state index is 14.0. The van der Waals surface area contributed by atoms with E-state index in [9.17, 15) is 19.2 Å². The van der Waals surface area contributed by atoms with Crippen LogP contribution in [0.5, 0.6) is 0 Å². The van der Waals surface area contributed by atoms with Gasteiger partial charge in [0.25, 0.3) is 0 Å². The molecule has 0 aliphatic carbocycles. The van der Waals surface area contributed by atoms with E-state index < -0.39 is 41.9 Å². The lowest BCUT2D eigenvalue weighted by Gasteiger charge is -2.31. The summed E-state index contributed by atoms with van der Waals surface area (Å²) in [5.41, 5.74) is 6.68. The number of likely N-dealkylation sites (tertiary alicyclic amines) is 2. The number of methoxy groups -OCH3 is 2. The van der Waals surface area contributed by atoms with Gasteiger partial charge in [-0.3, -0.25) is 14.6 Å². The Morgan fingerprint density at radius 1 is 0.694 bits per heavy atom. The molecule has 4 atom stereocenters. The van der Waals surface area contributed by atoms with Gasteiger partial charge in [0.05, 0.1) is 77.7 Å². The SMILES string of the molecule is COC(=O)N[C@H](C(=O)N1CC2(C[C@H]1C1=NC=C(c3ccc(-c4ccc(-c5cnc([C@@H]6CC7(CN6C(=O)[C@@H](NC(=O)OC)C(C)C)OCCO7)[nH]5)cc4)cc3)C1)OCCO2)C(C)C. The molecule has 3 aromatic rings. The maximum absolute atomic E-state index is 14.0. The molecule has 4 amide bonds. The number of benzene rings is 2. The molecule has 0 unspecified atom stereocenters. The van der Waals surface area contributed by atoms with Gasteiger partial charge < -0.3 is 53.8 Å². The number of carbonyl (C=O) groups is 4. The summed E-state index contributed by atoms with van der Waals surface area (Å²) in [7, 11) is 2.55. The predicted molar refractivity (Wildman–Crippen MR) is 226 cm³/mol. The largest absolute Gasteiger partial charge is 0.453 e. The summed E-state index contributed by atoms with van der Waals surface area (Å²) < 4.78 is 33.8. The highest BCUT2D eigenvalue weighted by Crippen LogP contribution is 2.43. The van der Waals surface area contributed by atoms with Crippen molar-refractivity contribution in [3.8, 4) is 22.4 Å². The van der Waals surface area contributed by atoms with Crippen LogP contribution in [0.2, 0.25) is 0 Å². The quantitative estimate of drug-likeness (QED) is 0.234. The first-order valence-electron chi connectivity index (χ1n) is 21.2. The Hall–Kier alpha value is -5.62. The van der Waals surface area contributed by atoms with Gasteiger partial charge in [-0.15, -0.1) is 0 Å². The maximum Gasteiger partial charge on any atom is 0.407 e. The van der Waals surface area contributed by atoms with Crippen molar-refractivity contribution in [1.82, 2.24) is 30.4 Å². The number of allylic oxidation sites excluding steroid dienone is 1. The van der Waals surface area contributed by atoms with Gasteiger partial charge in [0.2, 0.25) is 11.8 Å². The van der Waals surface area contributed by atoms with Gasteiger partial charge in [-0.05, 0) is 39.7 Å². The fourth-order valence-corrected chi connectivity index (χ4v) is 9.05. The number of ether oxygens (including phenoxy) is 6. The minimum Gasteiger partial charge on any atom is -0.453 e. The second-order valence-corrected chi connectivity index (χ2v) is 17.1. The Bertz CT molecular complexity index is 2210. The fraction of sp³-hybridized carbons (Fsp3) is 0.511. The summed E-state index contributed by atoms with van der Waals surface area (Å²) in [6, 6.07) is 14.1. The number of nitrogens with zero attached hydrogens (tertiary/aromatic N) is 4. The van der Waals surface area contributed by atoms with Gasteiger partial charge in [0.15, 0.2) is 11.6 Å². The summed E-state index contributed by atoms with van der Waals surface area (Å²) in [5.74, 6) is -2.12. The third-order valence-corrected chi connectivity index (χ3v) is 12.4. The van der Waals surface area contributed by atoms with Crippen molar-refractivity contribution >= 4 is 35.3 Å². The molecular weight excluding hydrogens is 799 g/mol. The van der Waals surface area contributed by atoms with E-state index in [1.54, 1.807) is 16.0 Å². The molecule has 3 N–H and O–H groups in total. The number of H-pyrrole nitrogens is 1. The molecule has 62 heavy (non-hydrogen) atoms. The first-order valence-corrected chi connectivity index (χ1v) is 21.2. The minimum absolute atomic E-state index is 0.179. The molecule has 1 aromatic heterocycles. The van der Waals surface area contributed by atoms with Crippen molar-refractivity contribution in [3.63, 3.8) is 0 Å². The number of amides is 4. The summed E-state index contributed by atoms with van der Waals surface area (Å²) in [6.45, 7) is 9.72. The van der Waals surface area contributed by atoms with Gasteiger partial charge in [0, 0.05) is 31.2 Å². The third-order valence-electron chi connectivity index (χ3n) is 12.4. The van der Waals surface area contributed by atoms with Gasteiger partial charge in [0.1, 0.15) is 17.9 Å². The zero-order valence-corrected chi connectivity index (χ0v) is 36.0. The standard InChI is InChI=1S/C45H55N7O10/c1-26(2)37(49-42(55)57-5)40(53)51-24-44(59-15-16-60-44)20-35(51)33-19-32(22-46-33)30-9-7-28(8-10-30)29-11-13-31(14-12-29)34-23-47-39(48-34)36-21-45(61-17-18-62-45)25-52(36)41(54)38(27(3)4)50-43(56)58-6/h7-14,22-23,26-27,35-38H,15-21,24-25H2,1-6H3,(H,47,48)(H,49,55)(H,50,56)/t35-,36-,37-,38-/m0/s1. The Balaban J connectivity index is 0.935. The molecule has 17 nitrogen and oxygen atoms in total. The van der Waals surface area contributed by atoms with Crippen molar-refractivity contribution < 1.29 is 47.6 Å². The zero-order valence-electron chi connectivity index (χ0n) is 36.0. The zero-order chi connectivity index (χ0) is 43.8.